The third-order valence-electron chi connectivity index (χ3n) is 15.3. The monoisotopic (exact) mass is 1190 g/mol. The summed E-state index contributed by atoms with van der Waals surface area (Å²) in [4.78, 5) is 37.4. The van der Waals surface area contributed by atoms with Crippen molar-refractivity contribution in [2.24, 2.45) is 0 Å². The molecule has 85 heavy (non-hydrogen) atoms. The second-order valence-electron chi connectivity index (χ2n) is 24.8. The zero-order valence-electron chi connectivity index (χ0n) is 56.0. The molecule has 0 saturated carbocycles. The maximum atomic E-state index is 12.9. The van der Waals surface area contributed by atoms with Crippen LogP contribution in [0.15, 0.2) is 97.2 Å². The molecule has 0 radical (unpaired) electrons. The van der Waals surface area contributed by atoms with Crippen LogP contribution in [0.3, 0.4) is 0 Å². The smallest absolute Gasteiger partial charge is 0.306 e. The normalized spacial score (nSPS) is 13.3. The molecule has 0 rings (SSSR count). The van der Waals surface area contributed by atoms with Gasteiger partial charge in [-0.3, -0.25) is 9.59 Å². The maximum Gasteiger partial charge on any atom is 0.306 e. The minimum atomic E-state index is -1.62. The van der Waals surface area contributed by atoms with Gasteiger partial charge in [0.15, 0.2) is 12.4 Å². The van der Waals surface area contributed by atoms with Crippen molar-refractivity contribution in [1.82, 2.24) is 0 Å². The number of carbonyl (C=O) groups excluding carboxylic acids is 3. The first-order valence-electron chi connectivity index (χ1n) is 35.4. The Labute approximate surface area is 524 Å². The molecule has 0 saturated heterocycles. The molecule has 0 bridgehead atoms. The van der Waals surface area contributed by atoms with Gasteiger partial charge in [-0.1, -0.05) is 317 Å². The fourth-order valence-electron chi connectivity index (χ4n) is 9.97. The van der Waals surface area contributed by atoms with E-state index < -0.39 is 24.3 Å². The van der Waals surface area contributed by atoms with Gasteiger partial charge in [-0.05, 0) is 77.0 Å². The summed E-state index contributed by atoms with van der Waals surface area (Å²) in [7, 11) is 5.93. The Balaban J connectivity index is 4.04. The van der Waals surface area contributed by atoms with Crippen LogP contribution in [0.25, 0.3) is 0 Å². The molecule has 2 atom stereocenters. The molecule has 0 aromatic rings. The molecule has 9 heteroatoms. The van der Waals surface area contributed by atoms with Crippen molar-refractivity contribution in [3.05, 3.63) is 97.2 Å². The number of carbonyl (C=O) groups is 3. The Kier molecular flexibility index (Phi) is 63.2. The Morgan fingerprint density at radius 1 is 0.365 bits per heavy atom. The number of allylic oxidation sites excluding steroid dienone is 16. The van der Waals surface area contributed by atoms with Crippen LogP contribution < -0.4 is 5.11 Å². The van der Waals surface area contributed by atoms with Gasteiger partial charge in [0, 0.05) is 12.8 Å². The minimum Gasteiger partial charge on any atom is -0.545 e. The summed E-state index contributed by atoms with van der Waals surface area (Å²) in [5, 5.41) is 11.8. The van der Waals surface area contributed by atoms with E-state index >= 15 is 0 Å². The van der Waals surface area contributed by atoms with Crippen molar-refractivity contribution in [2.45, 2.75) is 322 Å². The van der Waals surface area contributed by atoms with Crippen LogP contribution >= 0.6 is 0 Å². The molecule has 0 heterocycles. The number of hydrogen-bond acceptors (Lipinski definition) is 8. The summed E-state index contributed by atoms with van der Waals surface area (Å²) in [5.41, 5.74) is 0. The lowest BCUT2D eigenvalue weighted by Crippen LogP contribution is -2.44. The number of hydrogen-bond donors (Lipinski definition) is 0. The zero-order valence-corrected chi connectivity index (χ0v) is 56.0. The number of carboxylic acid groups (broad SMARTS) is 1. The number of esters is 2. The first-order valence-corrected chi connectivity index (χ1v) is 35.4. The zero-order chi connectivity index (χ0) is 61.9. The van der Waals surface area contributed by atoms with Crippen LogP contribution in [-0.4, -0.2) is 82.3 Å². The molecule has 0 N–H and O–H groups in total. The number of likely N-dealkylation sites (N-methyl/N-ethyl adjacent to an activating group) is 1. The third kappa shape index (κ3) is 67.6. The summed E-state index contributed by atoms with van der Waals surface area (Å²) >= 11 is 0. The molecular formula is C76H133NO8. The second kappa shape index (κ2) is 66.2. The Morgan fingerprint density at radius 2 is 0.671 bits per heavy atom. The van der Waals surface area contributed by atoms with Crippen molar-refractivity contribution in [3.63, 3.8) is 0 Å². The molecule has 0 aliphatic rings. The first-order chi connectivity index (χ1) is 41.6. The molecule has 2 unspecified atom stereocenters. The predicted octanol–water partition coefficient (Wildman–Crippen LogP) is 20.7. The second-order valence-corrected chi connectivity index (χ2v) is 24.8. The number of quaternary nitrogens is 1. The number of aliphatic carboxylic acids is 1. The number of ether oxygens (including phenoxy) is 4. The van der Waals surface area contributed by atoms with E-state index in [1.807, 2.05) is 21.1 Å². The summed E-state index contributed by atoms with van der Waals surface area (Å²) in [6.07, 6.45) is 87.8. The Bertz CT molecular complexity index is 1720. The van der Waals surface area contributed by atoms with Gasteiger partial charge in [0.1, 0.15) is 13.2 Å². The number of carboxylic acids is 1. The fourth-order valence-corrected chi connectivity index (χ4v) is 9.97. The van der Waals surface area contributed by atoms with Gasteiger partial charge in [0.2, 0.25) is 0 Å². The average Bonchev–Trinajstić information content (AvgIpc) is 3.49. The van der Waals surface area contributed by atoms with E-state index in [1.165, 1.54) is 186 Å². The standard InChI is InChI=1S/C76H133NO8/c1-6-8-10-12-14-16-18-20-22-24-26-27-28-29-30-31-32-33-34-35-36-37-38-39-40-41-42-43-44-45-46-47-49-51-53-55-57-59-61-63-65-67-74(79)85-72(71-84-76(75(80)81)82-69-68-77(3,4)5)70-83-73(78)66-64-62-60-58-56-54-52-50-48-25-23-21-19-17-15-13-11-9-7-2/h8,10,14,16,20,22,26-27,29-30,32-33,35-36,38-39,72,76H,6-7,9,11-13,15,17-19,21,23-25,28,31,34,37,40-71H2,1-5H3/b10-8-,16-14-,22-20-,27-26-,30-29-,33-32-,36-35-,39-38-. The van der Waals surface area contributed by atoms with Crippen molar-refractivity contribution < 1.29 is 42.9 Å². The van der Waals surface area contributed by atoms with E-state index in [0.29, 0.717) is 23.9 Å². The van der Waals surface area contributed by atoms with E-state index in [-0.39, 0.29) is 32.2 Å². The molecule has 0 aliphatic carbocycles. The molecule has 0 amide bonds. The summed E-state index contributed by atoms with van der Waals surface area (Å²) < 4.78 is 22.8. The van der Waals surface area contributed by atoms with Crippen LogP contribution in [0.4, 0.5) is 0 Å². The van der Waals surface area contributed by atoms with Crippen LogP contribution in [0, 0.1) is 0 Å². The van der Waals surface area contributed by atoms with Gasteiger partial charge in [0.25, 0.3) is 0 Å². The molecule has 490 valence electrons. The molecule has 0 aromatic heterocycles. The topological polar surface area (TPSA) is 111 Å². The van der Waals surface area contributed by atoms with Crippen molar-refractivity contribution in [2.75, 3.05) is 47.5 Å². The highest BCUT2D eigenvalue weighted by molar-refractivity contribution is 5.70. The van der Waals surface area contributed by atoms with Gasteiger partial charge in [-0.25, -0.2) is 0 Å². The lowest BCUT2D eigenvalue weighted by molar-refractivity contribution is -0.870. The highest BCUT2D eigenvalue weighted by Crippen LogP contribution is 2.18. The molecule has 0 aliphatic heterocycles. The van der Waals surface area contributed by atoms with Crippen molar-refractivity contribution in [1.29, 1.82) is 0 Å². The lowest BCUT2D eigenvalue weighted by Gasteiger charge is -2.26. The van der Waals surface area contributed by atoms with Gasteiger partial charge in [-0.15, -0.1) is 0 Å². The molecular weight excluding hydrogens is 1050 g/mol. The van der Waals surface area contributed by atoms with E-state index in [4.69, 9.17) is 18.9 Å². The summed E-state index contributed by atoms with van der Waals surface area (Å²) in [5.74, 6) is -2.27. The maximum absolute atomic E-state index is 12.9. The lowest BCUT2D eigenvalue weighted by atomic mass is 10.0. The van der Waals surface area contributed by atoms with E-state index in [0.717, 1.165) is 89.9 Å². The minimum absolute atomic E-state index is 0.147. The number of rotatable bonds is 65. The largest absolute Gasteiger partial charge is 0.545 e. The molecule has 0 spiro atoms. The van der Waals surface area contributed by atoms with Gasteiger partial charge in [-0.2, -0.15) is 0 Å². The van der Waals surface area contributed by atoms with E-state index in [2.05, 4.69) is 111 Å². The van der Waals surface area contributed by atoms with Crippen LogP contribution in [0.1, 0.15) is 309 Å². The molecule has 0 aromatic carbocycles. The predicted molar refractivity (Wildman–Crippen MR) is 361 cm³/mol. The Hall–Kier alpha value is -3.79. The SMILES string of the molecule is CC/C=C\C/C=C\C/C=C\C/C=C\C/C=C\C/C=C\C/C=C\C/C=C\CCCCCCCCCCCCCCCCCCC(=O)OC(COC(=O)CCCCCCCCCCCCCCCCCCCCC)COC(OCC[N+](C)(C)C)C(=O)[O-]. The quantitative estimate of drug-likeness (QED) is 0.0195. The molecule has 9 nitrogen and oxygen atoms in total. The first kappa shape index (κ1) is 81.2. The van der Waals surface area contributed by atoms with Crippen LogP contribution in [-0.2, 0) is 33.3 Å². The number of nitrogens with zero attached hydrogens (tertiary/aromatic N) is 1. The highest BCUT2D eigenvalue weighted by atomic mass is 16.7. The van der Waals surface area contributed by atoms with Crippen LogP contribution in [0.5, 0.6) is 0 Å². The average molecular weight is 1190 g/mol. The number of unbranched alkanes of at least 4 members (excludes halogenated alkanes) is 34. The van der Waals surface area contributed by atoms with Gasteiger partial charge in [0.05, 0.1) is 40.3 Å². The van der Waals surface area contributed by atoms with E-state index in [1.54, 1.807) is 0 Å². The Morgan fingerprint density at radius 3 is 1.00 bits per heavy atom. The molecule has 0 fully saturated rings. The van der Waals surface area contributed by atoms with Crippen LogP contribution in [0.2, 0.25) is 0 Å². The third-order valence-corrected chi connectivity index (χ3v) is 15.3. The summed E-state index contributed by atoms with van der Waals surface area (Å²) in [6, 6.07) is 0. The van der Waals surface area contributed by atoms with Crippen molar-refractivity contribution >= 4 is 17.9 Å². The highest BCUT2D eigenvalue weighted by Gasteiger charge is 2.22. The summed E-state index contributed by atoms with van der Waals surface area (Å²) in [6.45, 7) is 4.67. The van der Waals surface area contributed by atoms with Gasteiger partial charge < -0.3 is 33.3 Å². The van der Waals surface area contributed by atoms with Crippen molar-refractivity contribution in [3.8, 4) is 0 Å². The van der Waals surface area contributed by atoms with E-state index in [9.17, 15) is 19.5 Å². The fraction of sp³-hybridized carbons (Fsp3) is 0.750. The van der Waals surface area contributed by atoms with Gasteiger partial charge >= 0.3 is 11.9 Å².